The Morgan fingerprint density at radius 3 is 2.46 bits per heavy atom. The van der Waals surface area contributed by atoms with Crippen molar-refractivity contribution in [3.8, 4) is 0 Å². The topological polar surface area (TPSA) is 61.4 Å². The smallest absolute Gasteiger partial charge is 0.251 e. The van der Waals surface area contributed by atoms with E-state index in [-0.39, 0.29) is 23.9 Å². The number of carbonyl (C=O) groups is 2. The maximum atomic E-state index is 12.2. The molecule has 0 aromatic heterocycles. The van der Waals surface area contributed by atoms with E-state index in [9.17, 15) is 9.59 Å². The molecule has 0 saturated carbocycles. The summed E-state index contributed by atoms with van der Waals surface area (Å²) >= 11 is 0. The Labute approximate surface area is 144 Å². The third kappa shape index (κ3) is 6.32. The van der Waals surface area contributed by atoms with Crippen LogP contribution in [0, 0.1) is 0 Å². The fourth-order valence-electron chi connectivity index (χ4n) is 3.02. The lowest BCUT2D eigenvalue weighted by molar-refractivity contribution is -0.121. The first-order valence-corrected chi connectivity index (χ1v) is 8.92. The van der Waals surface area contributed by atoms with Gasteiger partial charge in [0.05, 0.1) is 0 Å². The second-order valence-corrected chi connectivity index (χ2v) is 6.78. The summed E-state index contributed by atoms with van der Waals surface area (Å²) in [5.74, 6) is 0.148. The van der Waals surface area contributed by atoms with E-state index in [0.29, 0.717) is 6.42 Å². The molecule has 1 saturated heterocycles. The Morgan fingerprint density at radius 2 is 1.83 bits per heavy atom. The fraction of sp³-hybridized carbons (Fsp3) is 0.579. The number of rotatable bonds is 7. The van der Waals surface area contributed by atoms with Crippen molar-refractivity contribution in [3.63, 3.8) is 0 Å². The molecule has 1 heterocycles. The van der Waals surface area contributed by atoms with Crippen molar-refractivity contribution in [1.29, 1.82) is 0 Å². The molecule has 5 heteroatoms. The second kappa shape index (κ2) is 9.42. The summed E-state index contributed by atoms with van der Waals surface area (Å²) in [6, 6.07) is 9.82. The number of hydrogen-bond donors (Lipinski definition) is 2. The van der Waals surface area contributed by atoms with Crippen LogP contribution < -0.4 is 10.6 Å². The summed E-state index contributed by atoms with van der Waals surface area (Å²) in [4.78, 5) is 26.2. The lowest BCUT2D eigenvalue weighted by Crippen LogP contribution is -2.45. The highest BCUT2D eigenvalue weighted by Crippen LogP contribution is 2.12. The van der Waals surface area contributed by atoms with Crippen molar-refractivity contribution in [3.05, 3.63) is 35.9 Å². The maximum Gasteiger partial charge on any atom is 0.251 e. The quantitative estimate of drug-likeness (QED) is 0.805. The zero-order valence-corrected chi connectivity index (χ0v) is 14.8. The van der Waals surface area contributed by atoms with E-state index in [2.05, 4.69) is 15.5 Å². The van der Waals surface area contributed by atoms with Crippen molar-refractivity contribution < 1.29 is 9.59 Å². The summed E-state index contributed by atoms with van der Waals surface area (Å²) in [7, 11) is 0. The van der Waals surface area contributed by atoms with E-state index in [1.54, 1.807) is 0 Å². The number of benzene rings is 1. The summed E-state index contributed by atoms with van der Waals surface area (Å²) in [6.07, 6.45) is 3.41. The number of carbonyl (C=O) groups excluding carboxylic acids is 2. The molecule has 2 amide bonds. The first kappa shape index (κ1) is 18.5. The van der Waals surface area contributed by atoms with Crippen LogP contribution >= 0.6 is 0 Å². The maximum absolute atomic E-state index is 12.2. The van der Waals surface area contributed by atoms with Crippen molar-refractivity contribution in [1.82, 2.24) is 15.5 Å². The van der Waals surface area contributed by atoms with E-state index in [0.717, 1.165) is 44.5 Å². The van der Waals surface area contributed by atoms with Gasteiger partial charge >= 0.3 is 0 Å². The molecule has 1 aliphatic heterocycles. The molecule has 0 atom stereocenters. The largest absolute Gasteiger partial charge is 0.354 e. The minimum atomic E-state index is 0.0133. The monoisotopic (exact) mass is 331 g/mol. The number of nitrogens with zero attached hydrogens (tertiary/aromatic N) is 1. The lowest BCUT2D eigenvalue weighted by Gasteiger charge is -2.32. The van der Waals surface area contributed by atoms with E-state index >= 15 is 0 Å². The Balaban J connectivity index is 1.63. The molecule has 1 fully saturated rings. The predicted molar refractivity (Wildman–Crippen MR) is 95.9 cm³/mol. The highest BCUT2D eigenvalue weighted by Gasteiger charge is 2.21. The summed E-state index contributed by atoms with van der Waals surface area (Å²) in [6.45, 7) is 6.86. The van der Waals surface area contributed by atoms with Crippen LogP contribution in [0.4, 0.5) is 0 Å². The molecule has 5 nitrogen and oxygen atoms in total. The molecule has 2 N–H and O–H groups in total. The van der Waals surface area contributed by atoms with Gasteiger partial charge in [-0.1, -0.05) is 18.2 Å². The third-order valence-corrected chi connectivity index (χ3v) is 4.29. The highest BCUT2D eigenvalue weighted by atomic mass is 16.2. The van der Waals surface area contributed by atoms with Gasteiger partial charge in [-0.15, -0.1) is 0 Å². The van der Waals surface area contributed by atoms with Crippen molar-refractivity contribution in [2.24, 2.45) is 0 Å². The molecular weight excluding hydrogens is 302 g/mol. The molecular formula is C19H29N3O2. The summed E-state index contributed by atoms with van der Waals surface area (Å²) in [5, 5.41) is 6.04. The average Bonchev–Trinajstić information content (AvgIpc) is 2.56. The third-order valence-electron chi connectivity index (χ3n) is 4.29. The zero-order valence-electron chi connectivity index (χ0n) is 14.8. The van der Waals surface area contributed by atoms with Gasteiger partial charge in [-0.2, -0.15) is 0 Å². The minimum Gasteiger partial charge on any atom is -0.354 e. The molecule has 1 aromatic rings. The Bertz CT molecular complexity index is 523. The van der Waals surface area contributed by atoms with Gasteiger partial charge < -0.3 is 15.5 Å². The molecule has 0 radical (unpaired) electrons. The molecule has 0 bridgehead atoms. The van der Waals surface area contributed by atoms with Gasteiger partial charge in [0.1, 0.15) is 0 Å². The van der Waals surface area contributed by atoms with Gasteiger partial charge in [0.2, 0.25) is 5.91 Å². The SMILES string of the molecule is CC(C)NC(=O)CCCN1CCC(NC(=O)c2ccccc2)CC1. The molecule has 0 unspecified atom stereocenters. The van der Waals surface area contributed by atoms with Crippen LogP contribution in [-0.4, -0.2) is 48.4 Å². The van der Waals surface area contributed by atoms with Gasteiger partial charge in [-0.3, -0.25) is 9.59 Å². The Kier molecular flexibility index (Phi) is 7.25. The van der Waals surface area contributed by atoms with Gasteiger partial charge in [-0.05, 0) is 51.8 Å². The van der Waals surface area contributed by atoms with Crippen molar-refractivity contribution in [2.45, 2.75) is 51.6 Å². The first-order valence-electron chi connectivity index (χ1n) is 8.92. The van der Waals surface area contributed by atoms with Crippen LogP contribution in [0.25, 0.3) is 0 Å². The average molecular weight is 331 g/mol. The van der Waals surface area contributed by atoms with E-state index in [4.69, 9.17) is 0 Å². The highest BCUT2D eigenvalue weighted by molar-refractivity contribution is 5.94. The molecule has 132 valence electrons. The van der Waals surface area contributed by atoms with Crippen LogP contribution in [-0.2, 0) is 4.79 Å². The van der Waals surface area contributed by atoms with Crippen LogP contribution in [0.1, 0.15) is 49.9 Å². The van der Waals surface area contributed by atoms with Gasteiger partial charge in [0.15, 0.2) is 0 Å². The summed E-state index contributed by atoms with van der Waals surface area (Å²) in [5.41, 5.74) is 0.719. The van der Waals surface area contributed by atoms with E-state index in [1.807, 2.05) is 44.2 Å². The molecule has 2 rings (SSSR count). The van der Waals surface area contributed by atoms with Crippen LogP contribution in [0.3, 0.4) is 0 Å². The number of amides is 2. The molecule has 0 spiro atoms. The normalized spacial score (nSPS) is 16.1. The number of hydrogen-bond acceptors (Lipinski definition) is 3. The lowest BCUT2D eigenvalue weighted by atomic mass is 10.0. The van der Waals surface area contributed by atoms with Gasteiger partial charge in [0.25, 0.3) is 5.91 Å². The Hall–Kier alpha value is -1.88. The van der Waals surface area contributed by atoms with Crippen LogP contribution in [0.5, 0.6) is 0 Å². The van der Waals surface area contributed by atoms with Crippen molar-refractivity contribution >= 4 is 11.8 Å². The number of nitrogens with one attached hydrogen (secondary N) is 2. The van der Waals surface area contributed by atoms with E-state index in [1.165, 1.54) is 0 Å². The molecule has 1 aromatic carbocycles. The first-order chi connectivity index (χ1) is 11.5. The second-order valence-electron chi connectivity index (χ2n) is 6.78. The van der Waals surface area contributed by atoms with Crippen LogP contribution in [0.15, 0.2) is 30.3 Å². The predicted octanol–water partition coefficient (Wildman–Crippen LogP) is 2.19. The van der Waals surface area contributed by atoms with Crippen LogP contribution in [0.2, 0.25) is 0 Å². The van der Waals surface area contributed by atoms with Gasteiger partial charge in [0, 0.05) is 37.2 Å². The zero-order chi connectivity index (χ0) is 17.4. The minimum absolute atomic E-state index is 0.0133. The Morgan fingerprint density at radius 1 is 1.17 bits per heavy atom. The molecule has 1 aliphatic rings. The van der Waals surface area contributed by atoms with E-state index < -0.39 is 0 Å². The van der Waals surface area contributed by atoms with Gasteiger partial charge in [-0.25, -0.2) is 0 Å². The summed E-state index contributed by atoms with van der Waals surface area (Å²) < 4.78 is 0. The molecule has 24 heavy (non-hydrogen) atoms. The number of piperidine rings is 1. The fourth-order valence-corrected chi connectivity index (χ4v) is 3.02. The molecule has 0 aliphatic carbocycles. The van der Waals surface area contributed by atoms with Crippen molar-refractivity contribution in [2.75, 3.05) is 19.6 Å². The standard InChI is InChI=1S/C19H29N3O2/c1-15(2)20-18(23)9-6-12-22-13-10-17(11-14-22)21-19(24)16-7-4-3-5-8-16/h3-5,7-8,15,17H,6,9-14H2,1-2H3,(H,20,23)(H,21,24). The number of likely N-dealkylation sites (tertiary alicyclic amines) is 1.